The van der Waals surface area contributed by atoms with Gasteiger partial charge in [-0.3, -0.25) is 0 Å². The van der Waals surface area contributed by atoms with Crippen molar-refractivity contribution in [2.75, 3.05) is 0 Å². The van der Waals surface area contributed by atoms with Crippen LogP contribution in [0.3, 0.4) is 0 Å². The van der Waals surface area contributed by atoms with E-state index in [1.165, 1.54) is 80.5 Å². The highest BCUT2D eigenvalue weighted by molar-refractivity contribution is 6.75. The second kappa shape index (κ2) is 13.1. The van der Waals surface area contributed by atoms with Gasteiger partial charge >= 0.3 is 0 Å². The molecule has 2 heteroatoms. The van der Waals surface area contributed by atoms with Gasteiger partial charge in [-0.05, 0) is 131 Å². The van der Waals surface area contributed by atoms with E-state index in [0.29, 0.717) is 9.52 Å². The van der Waals surface area contributed by atoms with Gasteiger partial charge in [-0.1, -0.05) is 120 Å². The third-order valence-corrected chi connectivity index (χ3v) is 14.4. The Bertz CT molecular complexity index is 1490. The number of nitrogens with zero attached hydrogens (tertiary/aromatic N) is 1. The fraction of sp³-hybridized carbons (Fsp3) is 0.512. The van der Waals surface area contributed by atoms with Gasteiger partial charge in [-0.2, -0.15) is 5.26 Å². The third-order valence-electron chi connectivity index (χ3n) is 13.0. The molecular formula is C43H55NSi. The monoisotopic (exact) mass is 613 g/mol. The van der Waals surface area contributed by atoms with Crippen LogP contribution in [0, 0.1) is 11.3 Å². The second-order valence-corrected chi connectivity index (χ2v) is 15.5. The molecule has 45 heavy (non-hydrogen) atoms. The number of benzene rings is 3. The Morgan fingerprint density at radius 1 is 0.644 bits per heavy atom. The summed E-state index contributed by atoms with van der Waals surface area (Å²) in [5, 5.41) is 12.7. The predicted octanol–water partition coefficient (Wildman–Crippen LogP) is 11.1. The first kappa shape index (κ1) is 33.5. The maximum absolute atomic E-state index is 9.60. The molecule has 0 atom stereocenters. The maximum atomic E-state index is 9.60. The first-order valence-corrected chi connectivity index (χ1v) is 19.0. The maximum Gasteiger partial charge on any atom is 0.123 e. The molecule has 2 aliphatic carbocycles. The minimum atomic E-state index is 0.206. The first-order valence-electron chi connectivity index (χ1n) is 18.0. The Morgan fingerprint density at radius 3 is 1.49 bits per heavy atom. The number of nitriles is 1. The largest absolute Gasteiger partial charge is 0.192 e. The number of hydrogen-bond donors (Lipinski definition) is 0. The van der Waals surface area contributed by atoms with E-state index in [1.54, 1.807) is 27.4 Å². The molecule has 236 valence electrons. The summed E-state index contributed by atoms with van der Waals surface area (Å²) in [5.41, 5.74) is 11.0. The van der Waals surface area contributed by atoms with E-state index in [9.17, 15) is 5.26 Å². The molecule has 0 N–H and O–H groups in total. The van der Waals surface area contributed by atoms with Crippen molar-refractivity contribution in [1.82, 2.24) is 0 Å². The Balaban J connectivity index is 1.92. The molecular weight excluding hydrogens is 559 g/mol. The van der Waals surface area contributed by atoms with Crippen LogP contribution in [0.5, 0.6) is 0 Å². The normalized spacial score (nSPS) is 18.8. The molecule has 0 amide bonds. The zero-order chi connectivity index (χ0) is 32.5. The van der Waals surface area contributed by atoms with Crippen LogP contribution in [0.4, 0.5) is 0 Å². The average molecular weight is 614 g/mol. The molecule has 3 aromatic carbocycles. The number of rotatable bonds is 12. The quantitative estimate of drug-likeness (QED) is 0.147. The lowest BCUT2D eigenvalue weighted by Crippen LogP contribution is -2.38. The van der Waals surface area contributed by atoms with E-state index in [1.807, 2.05) is 12.1 Å². The van der Waals surface area contributed by atoms with E-state index in [-0.39, 0.29) is 21.7 Å². The van der Waals surface area contributed by atoms with Crippen molar-refractivity contribution >= 4 is 26.0 Å². The highest BCUT2D eigenvalue weighted by Gasteiger charge is 2.56. The van der Waals surface area contributed by atoms with Crippen LogP contribution in [-0.2, 0) is 21.7 Å². The van der Waals surface area contributed by atoms with Crippen molar-refractivity contribution in [2.45, 2.75) is 141 Å². The van der Waals surface area contributed by atoms with Crippen LogP contribution in [0.2, 0.25) is 0 Å². The molecule has 0 heterocycles. The molecule has 2 radical (unpaired) electrons. The number of hydrogen-bond acceptors (Lipinski definition) is 1. The second-order valence-electron chi connectivity index (χ2n) is 14.2. The summed E-state index contributed by atoms with van der Waals surface area (Å²) in [6.07, 6.45) is 14.6. The average Bonchev–Trinajstić information content (AvgIpc) is 3.57. The van der Waals surface area contributed by atoms with Gasteiger partial charge in [-0.15, -0.1) is 0 Å². The summed E-state index contributed by atoms with van der Waals surface area (Å²) >= 11 is 0. The number of fused-ring (bicyclic) bond motifs is 2. The Kier molecular flexibility index (Phi) is 9.73. The molecule has 3 aromatic rings. The summed E-state index contributed by atoms with van der Waals surface area (Å²) in [6.45, 7) is 19.7. The minimum Gasteiger partial charge on any atom is -0.192 e. The Hall–Kier alpha value is -2.89. The van der Waals surface area contributed by atoms with E-state index in [2.05, 4.69) is 116 Å². The zero-order valence-corrected chi connectivity index (χ0v) is 30.4. The molecule has 0 saturated carbocycles. The summed E-state index contributed by atoms with van der Waals surface area (Å²) in [6, 6.07) is 24.4. The van der Waals surface area contributed by atoms with E-state index < -0.39 is 0 Å². The molecule has 0 fully saturated rings. The smallest absolute Gasteiger partial charge is 0.123 e. The SMILES string of the molecule is CCC1(CC)CC(CC)(CC)c2c1cc1c(c2[Si]/C(=C/c2ccccc2)c2ccc(C#N)cc2)C(CC)(CC)CC1(CC)CC. The molecule has 0 saturated heterocycles. The van der Waals surface area contributed by atoms with Gasteiger partial charge in [0.1, 0.15) is 9.52 Å². The fourth-order valence-electron chi connectivity index (χ4n) is 9.64. The van der Waals surface area contributed by atoms with E-state index in [4.69, 9.17) is 0 Å². The zero-order valence-electron chi connectivity index (χ0n) is 29.4. The van der Waals surface area contributed by atoms with Gasteiger partial charge in [0.2, 0.25) is 0 Å². The van der Waals surface area contributed by atoms with Crippen molar-refractivity contribution in [2.24, 2.45) is 0 Å². The van der Waals surface area contributed by atoms with Gasteiger partial charge in [0, 0.05) is 0 Å². The molecule has 0 spiro atoms. The summed E-state index contributed by atoms with van der Waals surface area (Å²) in [4.78, 5) is 0. The van der Waals surface area contributed by atoms with E-state index >= 15 is 0 Å². The van der Waals surface area contributed by atoms with Crippen molar-refractivity contribution < 1.29 is 0 Å². The lowest BCUT2D eigenvalue weighted by Gasteiger charge is -2.36. The standard InChI is InChI=1S/C43H55NSi/c1-9-40(10-2)29-42(13-5,14-6)37-34(40)27-35-38(43(15-7,16-8)30-41(35,11-3)12-4)39(37)45-36(26-31-20-18-17-19-21-31)33-24-22-32(28-44)23-25-33/h17-27H,9-16,29-30H2,1-8H3/b36-26+. The van der Waals surface area contributed by atoms with Gasteiger partial charge in [0.05, 0.1) is 11.6 Å². The van der Waals surface area contributed by atoms with Crippen molar-refractivity contribution in [3.05, 3.63) is 99.6 Å². The van der Waals surface area contributed by atoms with Crippen molar-refractivity contribution in [1.29, 1.82) is 5.26 Å². The van der Waals surface area contributed by atoms with E-state index in [0.717, 1.165) is 5.56 Å². The lowest BCUT2D eigenvalue weighted by molar-refractivity contribution is 0.279. The summed E-state index contributed by atoms with van der Waals surface area (Å²) in [7, 11) is 0.562. The lowest BCUT2D eigenvalue weighted by atomic mass is 9.70. The van der Waals surface area contributed by atoms with Crippen molar-refractivity contribution in [3.63, 3.8) is 0 Å². The Labute approximate surface area is 277 Å². The highest BCUT2D eigenvalue weighted by Crippen LogP contribution is 2.61. The Morgan fingerprint density at radius 2 is 1.09 bits per heavy atom. The van der Waals surface area contributed by atoms with Crippen LogP contribution in [0.15, 0.2) is 60.7 Å². The predicted molar refractivity (Wildman–Crippen MR) is 196 cm³/mol. The summed E-state index contributed by atoms with van der Waals surface area (Å²) < 4.78 is 0. The topological polar surface area (TPSA) is 23.8 Å². The van der Waals surface area contributed by atoms with Crippen LogP contribution in [0.25, 0.3) is 11.3 Å². The molecule has 2 aliphatic rings. The van der Waals surface area contributed by atoms with Gasteiger partial charge < -0.3 is 0 Å². The fourth-order valence-corrected chi connectivity index (χ4v) is 11.5. The van der Waals surface area contributed by atoms with Crippen LogP contribution < -0.4 is 5.19 Å². The van der Waals surface area contributed by atoms with Crippen LogP contribution >= 0.6 is 0 Å². The molecule has 1 nitrogen and oxygen atoms in total. The van der Waals surface area contributed by atoms with Crippen molar-refractivity contribution in [3.8, 4) is 6.07 Å². The highest BCUT2D eigenvalue weighted by atomic mass is 28.2. The molecule has 0 aromatic heterocycles. The molecule has 5 rings (SSSR count). The van der Waals surface area contributed by atoms with Gasteiger partial charge in [-0.25, -0.2) is 0 Å². The molecule has 0 bridgehead atoms. The molecule has 0 unspecified atom stereocenters. The van der Waals surface area contributed by atoms with Crippen LogP contribution in [0.1, 0.15) is 159 Å². The van der Waals surface area contributed by atoms with Crippen LogP contribution in [-0.4, -0.2) is 9.52 Å². The van der Waals surface area contributed by atoms with Gasteiger partial charge in [0.15, 0.2) is 0 Å². The first-order chi connectivity index (χ1) is 21.7. The molecule has 0 aliphatic heterocycles. The van der Waals surface area contributed by atoms with Gasteiger partial charge in [0.25, 0.3) is 0 Å². The minimum absolute atomic E-state index is 0.206. The third kappa shape index (κ3) is 5.28. The summed E-state index contributed by atoms with van der Waals surface area (Å²) in [5.74, 6) is 0.